The first-order valence-corrected chi connectivity index (χ1v) is 9.02. The molecule has 1 amide bonds. The number of amides is 1. The smallest absolute Gasteiger partial charge is 0.229 e. The van der Waals surface area contributed by atoms with Crippen LogP contribution >= 0.6 is 0 Å². The fraction of sp³-hybridized carbons (Fsp3) is 0.217. The maximum atomic E-state index is 12.9. The molecule has 0 fully saturated rings. The Balaban J connectivity index is 1.68. The van der Waals surface area contributed by atoms with Crippen molar-refractivity contribution in [2.75, 3.05) is 0 Å². The standard InChI is InChI=1S/C23H25N2O/c1-20-12-15-24(16-13-20)17-14-23(26)25(18-21-8-4-2-5-9-21)19-22-10-6-3-7-11-22/h2-13,15-16H,14,17-19H2,1H3/q+1. The summed E-state index contributed by atoms with van der Waals surface area (Å²) in [6.07, 6.45) is 4.55. The lowest BCUT2D eigenvalue weighted by Crippen LogP contribution is -2.37. The summed E-state index contributed by atoms with van der Waals surface area (Å²) in [5.41, 5.74) is 3.53. The van der Waals surface area contributed by atoms with Crippen LogP contribution < -0.4 is 4.57 Å². The third-order valence-electron chi connectivity index (χ3n) is 4.43. The predicted molar refractivity (Wildman–Crippen MR) is 103 cm³/mol. The number of carbonyl (C=O) groups is 1. The van der Waals surface area contributed by atoms with E-state index in [1.54, 1.807) is 0 Å². The van der Waals surface area contributed by atoms with Gasteiger partial charge in [0, 0.05) is 25.2 Å². The van der Waals surface area contributed by atoms with Crippen LogP contribution in [0.4, 0.5) is 0 Å². The first kappa shape index (κ1) is 17.9. The van der Waals surface area contributed by atoms with Gasteiger partial charge < -0.3 is 4.90 Å². The summed E-state index contributed by atoms with van der Waals surface area (Å²) in [4.78, 5) is 14.8. The van der Waals surface area contributed by atoms with Crippen molar-refractivity contribution >= 4 is 5.91 Å². The van der Waals surface area contributed by atoms with Gasteiger partial charge in [-0.2, -0.15) is 0 Å². The van der Waals surface area contributed by atoms with Crippen LogP contribution in [0.1, 0.15) is 23.1 Å². The summed E-state index contributed by atoms with van der Waals surface area (Å²) in [5, 5.41) is 0. The second kappa shape index (κ2) is 8.95. The molecule has 1 aromatic heterocycles. The first-order valence-electron chi connectivity index (χ1n) is 9.02. The minimum Gasteiger partial charge on any atom is -0.334 e. The molecule has 0 aliphatic carbocycles. The monoisotopic (exact) mass is 345 g/mol. The molecule has 132 valence electrons. The van der Waals surface area contributed by atoms with Crippen LogP contribution in [0.5, 0.6) is 0 Å². The second-order valence-electron chi connectivity index (χ2n) is 6.58. The molecule has 0 saturated heterocycles. The lowest BCUT2D eigenvalue weighted by atomic mass is 10.1. The van der Waals surface area contributed by atoms with Crippen LogP contribution in [-0.4, -0.2) is 10.8 Å². The molecule has 0 atom stereocenters. The van der Waals surface area contributed by atoms with Gasteiger partial charge in [-0.3, -0.25) is 4.79 Å². The highest BCUT2D eigenvalue weighted by Crippen LogP contribution is 2.11. The maximum absolute atomic E-state index is 12.9. The van der Waals surface area contributed by atoms with E-state index in [9.17, 15) is 4.79 Å². The topological polar surface area (TPSA) is 24.2 Å². The second-order valence-corrected chi connectivity index (χ2v) is 6.58. The molecule has 3 heteroatoms. The number of hydrogen-bond acceptors (Lipinski definition) is 1. The molecule has 3 aromatic rings. The van der Waals surface area contributed by atoms with E-state index >= 15 is 0 Å². The lowest BCUT2D eigenvalue weighted by molar-refractivity contribution is -0.696. The van der Waals surface area contributed by atoms with Crippen molar-refractivity contribution in [3.63, 3.8) is 0 Å². The Hall–Kier alpha value is -2.94. The molecule has 26 heavy (non-hydrogen) atoms. The van der Waals surface area contributed by atoms with E-state index in [0.717, 1.165) is 11.1 Å². The molecule has 0 radical (unpaired) electrons. The van der Waals surface area contributed by atoms with E-state index in [1.165, 1.54) is 5.56 Å². The third kappa shape index (κ3) is 5.28. The Bertz CT molecular complexity index is 772. The minimum absolute atomic E-state index is 0.172. The van der Waals surface area contributed by atoms with E-state index < -0.39 is 0 Å². The van der Waals surface area contributed by atoms with Gasteiger partial charge in [0.25, 0.3) is 0 Å². The molecule has 0 N–H and O–H groups in total. The Kier molecular flexibility index (Phi) is 6.15. The number of nitrogens with zero attached hydrogens (tertiary/aromatic N) is 2. The Morgan fingerprint density at radius 2 is 1.31 bits per heavy atom. The fourth-order valence-corrected chi connectivity index (χ4v) is 2.90. The maximum Gasteiger partial charge on any atom is 0.229 e. The van der Waals surface area contributed by atoms with Gasteiger partial charge in [-0.15, -0.1) is 0 Å². The van der Waals surface area contributed by atoms with E-state index in [-0.39, 0.29) is 5.91 Å². The molecule has 0 spiro atoms. The number of rotatable bonds is 7. The molecule has 0 unspecified atom stereocenters. The highest BCUT2D eigenvalue weighted by atomic mass is 16.2. The van der Waals surface area contributed by atoms with Crippen molar-refractivity contribution in [2.45, 2.75) is 33.0 Å². The molecular formula is C23H25N2O+. The summed E-state index contributed by atoms with van der Waals surface area (Å²) < 4.78 is 2.06. The van der Waals surface area contributed by atoms with Crippen molar-refractivity contribution in [1.29, 1.82) is 0 Å². The van der Waals surface area contributed by atoms with Crippen molar-refractivity contribution in [3.05, 3.63) is 102 Å². The van der Waals surface area contributed by atoms with Crippen molar-refractivity contribution < 1.29 is 9.36 Å². The van der Waals surface area contributed by atoms with Crippen LogP contribution in [-0.2, 0) is 24.4 Å². The van der Waals surface area contributed by atoms with Gasteiger partial charge >= 0.3 is 0 Å². The molecule has 3 nitrogen and oxygen atoms in total. The molecular weight excluding hydrogens is 320 g/mol. The van der Waals surface area contributed by atoms with Crippen molar-refractivity contribution in [3.8, 4) is 0 Å². The van der Waals surface area contributed by atoms with Gasteiger partial charge in [0.1, 0.15) is 0 Å². The number of carbonyl (C=O) groups excluding carboxylic acids is 1. The van der Waals surface area contributed by atoms with Crippen LogP contribution in [0.2, 0.25) is 0 Å². The molecule has 3 rings (SSSR count). The van der Waals surface area contributed by atoms with Gasteiger partial charge in [0.2, 0.25) is 5.91 Å². The van der Waals surface area contributed by atoms with Gasteiger partial charge in [0.05, 0.1) is 6.42 Å². The number of benzene rings is 2. The summed E-state index contributed by atoms with van der Waals surface area (Å²) in [7, 11) is 0. The molecule has 0 saturated carbocycles. The van der Waals surface area contributed by atoms with Crippen molar-refractivity contribution in [1.82, 2.24) is 4.90 Å². The number of aromatic nitrogens is 1. The summed E-state index contributed by atoms with van der Waals surface area (Å²) in [6, 6.07) is 24.5. The Morgan fingerprint density at radius 1 is 0.808 bits per heavy atom. The first-order chi connectivity index (χ1) is 12.7. The van der Waals surface area contributed by atoms with E-state index in [0.29, 0.717) is 26.1 Å². The number of hydrogen-bond donors (Lipinski definition) is 0. The fourth-order valence-electron chi connectivity index (χ4n) is 2.90. The molecule has 1 heterocycles. The van der Waals surface area contributed by atoms with E-state index in [1.807, 2.05) is 53.7 Å². The Morgan fingerprint density at radius 3 is 1.81 bits per heavy atom. The highest BCUT2D eigenvalue weighted by molar-refractivity contribution is 5.76. The average molecular weight is 345 g/mol. The van der Waals surface area contributed by atoms with Gasteiger partial charge in [-0.05, 0) is 23.6 Å². The van der Waals surface area contributed by atoms with Crippen LogP contribution in [0, 0.1) is 6.92 Å². The largest absolute Gasteiger partial charge is 0.334 e. The molecule has 0 aliphatic heterocycles. The van der Waals surface area contributed by atoms with Crippen LogP contribution in [0.25, 0.3) is 0 Å². The summed E-state index contributed by atoms with van der Waals surface area (Å²) in [6.45, 7) is 4.02. The predicted octanol–water partition coefficient (Wildman–Crippen LogP) is 3.90. The van der Waals surface area contributed by atoms with Crippen molar-refractivity contribution in [2.24, 2.45) is 0 Å². The number of pyridine rings is 1. The lowest BCUT2D eigenvalue weighted by Gasteiger charge is -2.22. The zero-order chi connectivity index (χ0) is 18.2. The Labute approximate surface area is 155 Å². The summed E-state index contributed by atoms with van der Waals surface area (Å²) >= 11 is 0. The average Bonchev–Trinajstić information content (AvgIpc) is 2.68. The van der Waals surface area contributed by atoms with Crippen LogP contribution in [0.15, 0.2) is 85.2 Å². The molecule has 0 aliphatic rings. The normalized spacial score (nSPS) is 10.5. The van der Waals surface area contributed by atoms with E-state index in [2.05, 4.69) is 47.9 Å². The molecule has 0 bridgehead atoms. The number of aryl methyl sites for hydroxylation is 2. The van der Waals surface area contributed by atoms with Gasteiger partial charge in [0.15, 0.2) is 18.9 Å². The van der Waals surface area contributed by atoms with E-state index in [4.69, 9.17) is 0 Å². The highest BCUT2D eigenvalue weighted by Gasteiger charge is 2.16. The third-order valence-corrected chi connectivity index (χ3v) is 4.43. The zero-order valence-corrected chi connectivity index (χ0v) is 15.2. The van der Waals surface area contributed by atoms with Gasteiger partial charge in [-0.1, -0.05) is 60.7 Å². The van der Waals surface area contributed by atoms with Crippen LogP contribution in [0.3, 0.4) is 0 Å². The molecule has 2 aromatic carbocycles. The SMILES string of the molecule is Cc1cc[n+](CCC(=O)N(Cc2ccccc2)Cc2ccccc2)cc1. The zero-order valence-electron chi connectivity index (χ0n) is 15.2. The van der Waals surface area contributed by atoms with Gasteiger partial charge in [-0.25, -0.2) is 4.57 Å². The minimum atomic E-state index is 0.172. The summed E-state index contributed by atoms with van der Waals surface area (Å²) in [5.74, 6) is 0.172. The quantitative estimate of drug-likeness (QED) is 0.596.